The number of aromatic nitrogens is 1. The maximum absolute atomic E-state index is 12.2. The average Bonchev–Trinajstić information content (AvgIpc) is 2.68. The minimum Gasteiger partial charge on any atom is -0.404 e. The van der Waals surface area contributed by atoms with E-state index in [1.807, 2.05) is 0 Å². The Morgan fingerprint density at radius 3 is 2.35 bits per heavy atom. The quantitative estimate of drug-likeness (QED) is 0.813. The predicted octanol–water partition coefficient (Wildman–Crippen LogP) is 4.14. The molecule has 0 aliphatic carbocycles. The molecule has 0 radical (unpaired) electrons. The van der Waals surface area contributed by atoms with Crippen molar-refractivity contribution in [3.63, 3.8) is 0 Å². The second-order valence-electron chi connectivity index (χ2n) is 3.25. The molecule has 0 aliphatic rings. The van der Waals surface area contributed by atoms with Crippen LogP contribution in [0.1, 0.15) is 0 Å². The average molecular weight is 306 g/mol. The molecule has 17 heavy (non-hydrogen) atoms. The van der Waals surface area contributed by atoms with Crippen LogP contribution in [0.2, 0.25) is 0 Å². The van der Waals surface area contributed by atoms with Gasteiger partial charge in [-0.05, 0) is 30.3 Å². The van der Waals surface area contributed by atoms with E-state index >= 15 is 0 Å². The summed E-state index contributed by atoms with van der Waals surface area (Å²) in [6, 6.07) is 7.92. The lowest BCUT2D eigenvalue weighted by atomic mass is 10.3. The summed E-state index contributed by atoms with van der Waals surface area (Å²) in [7, 11) is 0. The Bertz CT molecular complexity index is 508. The van der Waals surface area contributed by atoms with Gasteiger partial charge in [-0.1, -0.05) is 15.9 Å². The normalized spacial score (nSPS) is 11.5. The van der Waals surface area contributed by atoms with E-state index in [0.717, 1.165) is 0 Å². The van der Waals surface area contributed by atoms with Crippen molar-refractivity contribution in [1.29, 1.82) is 0 Å². The molecule has 90 valence electrons. The smallest absolute Gasteiger partial charge is 0.404 e. The Balaban J connectivity index is 2.45. The number of halogens is 4. The second kappa shape index (κ2) is 4.44. The van der Waals surface area contributed by atoms with Crippen LogP contribution in [0.3, 0.4) is 0 Å². The topological polar surface area (TPSA) is 14.2 Å². The van der Waals surface area contributed by atoms with Gasteiger partial charge < -0.3 is 9.30 Å². The summed E-state index contributed by atoms with van der Waals surface area (Å²) in [6.07, 6.45) is -1.42. The Kier molecular flexibility index (Phi) is 3.15. The molecule has 6 heteroatoms. The summed E-state index contributed by atoms with van der Waals surface area (Å²) in [5.41, 5.74) is 0.329. The summed E-state index contributed by atoms with van der Waals surface area (Å²) >= 11 is 3.11. The molecule has 0 amide bonds. The number of rotatable bonds is 2. The maximum Gasteiger partial charge on any atom is 0.573 e. The van der Waals surface area contributed by atoms with Crippen LogP contribution in [-0.2, 0) is 0 Å². The fraction of sp³-hybridized carbons (Fsp3) is 0.0909. The Labute approximate surface area is 104 Å². The van der Waals surface area contributed by atoms with Gasteiger partial charge in [0.1, 0.15) is 0 Å². The zero-order valence-corrected chi connectivity index (χ0v) is 9.99. The second-order valence-corrected chi connectivity index (χ2v) is 4.17. The van der Waals surface area contributed by atoms with Crippen molar-refractivity contribution in [1.82, 2.24) is 4.57 Å². The van der Waals surface area contributed by atoms with Gasteiger partial charge in [-0.3, -0.25) is 0 Å². The lowest BCUT2D eigenvalue weighted by Gasteiger charge is -2.14. The van der Waals surface area contributed by atoms with Crippen LogP contribution in [0.5, 0.6) is 5.75 Å². The first kappa shape index (κ1) is 12.0. The van der Waals surface area contributed by atoms with Gasteiger partial charge in [0.05, 0.1) is 5.69 Å². The van der Waals surface area contributed by atoms with Crippen LogP contribution in [-0.4, -0.2) is 10.9 Å². The summed E-state index contributed by atoms with van der Waals surface area (Å²) in [5, 5.41) is 0. The Hall–Kier alpha value is -1.43. The van der Waals surface area contributed by atoms with Gasteiger partial charge in [0.2, 0.25) is 0 Å². The molecule has 0 saturated heterocycles. The van der Waals surface area contributed by atoms with E-state index in [-0.39, 0.29) is 5.75 Å². The Morgan fingerprint density at radius 1 is 1.12 bits per heavy atom. The van der Waals surface area contributed by atoms with Crippen molar-refractivity contribution < 1.29 is 17.9 Å². The van der Waals surface area contributed by atoms with E-state index < -0.39 is 6.36 Å². The number of nitrogens with zero attached hydrogens (tertiary/aromatic N) is 1. The number of hydrogen-bond acceptors (Lipinski definition) is 1. The van der Waals surface area contributed by atoms with Crippen molar-refractivity contribution in [2.75, 3.05) is 0 Å². The maximum atomic E-state index is 12.2. The van der Waals surface area contributed by atoms with Crippen molar-refractivity contribution >= 4 is 15.9 Å². The van der Waals surface area contributed by atoms with Crippen LogP contribution in [0.15, 0.2) is 47.2 Å². The molecule has 1 heterocycles. The van der Waals surface area contributed by atoms with Gasteiger partial charge in [0.25, 0.3) is 0 Å². The molecule has 0 fully saturated rings. The van der Waals surface area contributed by atoms with Crippen LogP contribution in [0, 0.1) is 0 Å². The van der Waals surface area contributed by atoms with Crippen LogP contribution >= 0.6 is 15.9 Å². The molecule has 0 aliphatic heterocycles. The van der Waals surface area contributed by atoms with E-state index in [1.165, 1.54) is 6.07 Å². The van der Waals surface area contributed by atoms with Crippen molar-refractivity contribution in [3.8, 4) is 11.4 Å². The highest BCUT2D eigenvalue weighted by Crippen LogP contribution is 2.31. The molecule has 0 saturated carbocycles. The fourth-order valence-electron chi connectivity index (χ4n) is 1.40. The molecular weight excluding hydrogens is 299 g/mol. The van der Waals surface area contributed by atoms with Gasteiger partial charge >= 0.3 is 6.36 Å². The first-order valence-corrected chi connectivity index (χ1v) is 5.44. The number of hydrogen-bond donors (Lipinski definition) is 0. The first-order chi connectivity index (χ1) is 7.96. The molecule has 0 bridgehead atoms. The van der Waals surface area contributed by atoms with E-state index in [2.05, 4.69) is 20.7 Å². The minimum absolute atomic E-state index is 0.247. The molecule has 1 aromatic heterocycles. The number of ether oxygens (including phenoxy) is 1. The highest BCUT2D eigenvalue weighted by Gasteiger charge is 2.32. The minimum atomic E-state index is -4.71. The van der Waals surface area contributed by atoms with Crippen molar-refractivity contribution in [2.24, 2.45) is 0 Å². The van der Waals surface area contributed by atoms with Crippen molar-refractivity contribution in [2.45, 2.75) is 6.36 Å². The molecule has 0 N–H and O–H groups in total. The van der Waals surface area contributed by atoms with Gasteiger partial charge in [0.15, 0.2) is 5.75 Å². The van der Waals surface area contributed by atoms with Gasteiger partial charge in [-0.15, -0.1) is 13.2 Å². The first-order valence-electron chi connectivity index (χ1n) is 4.64. The van der Waals surface area contributed by atoms with Crippen molar-refractivity contribution in [3.05, 3.63) is 47.2 Å². The van der Waals surface area contributed by atoms with Gasteiger partial charge in [0, 0.05) is 16.9 Å². The molecule has 2 nitrogen and oxygen atoms in total. The predicted molar refractivity (Wildman–Crippen MR) is 60.2 cm³/mol. The molecular formula is C11H7BrF3NO. The molecule has 0 atom stereocenters. The van der Waals surface area contributed by atoms with E-state index in [9.17, 15) is 13.2 Å². The highest BCUT2D eigenvalue weighted by atomic mass is 79.9. The summed E-state index contributed by atoms with van der Waals surface area (Å²) in [6.45, 7) is 0. The molecule has 2 aromatic rings. The highest BCUT2D eigenvalue weighted by molar-refractivity contribution is 9.10. The zero-order chi connectivity index (χ0) is 12.5. The van der Waals surface area contributed by atoms with E-state index in [1.54, 1.807) is 41.2 Å². The van der Waals surface area contributed by atoms with Crippen LogP contribution in [0.25, 0.3) is 5.69 Å². The summed E-state index contributed by atoms with van der Waals surface area (Å²) in [4.78, 5) is 0. The lowest BCUT2D eigenvalue weighted by molar-refractivity contribution is -0.274. The van der Waals surface area contributed by atoms with Gasteiger partial charge in [-0.25, -0.2) is 0 Å². The third-order valence-corrected chi connectivity index (χ3v) is 2.52. The largest absolute Gasteiger partial charge is 0.573 e. The molecule has 1 aromatic carbocycles. The van der Waals surface area contributed by atoms with E-state index in [0.29, 0.717) is 10.2 Å². The lowest BCUT2D eigenvalue weighted by Crippen LogP contribution is -2.18. The van der Waals surface area contributed by atoms with Gasteiger partial charge in [-0.2, -0.15) is 0 Å². The number of benzene rings is 1. The SMILES string of the molecule is FC(F)(F)Oc1cc(Br)ccc1-n1cccc1. The van der Waals surface area contributed by atoms with Crippen LogP contribution in [0.4, 0.5) is 13.2 Å². The zero-order valence-electron chi connectivity index (χ0n) is 8.41. The number of alkyl halides is 3. The van der Waals surface area contributed by atoms with Crippen LogP contribution < -0.4 is 4.74 Å². The third-order valence-electron chi connectivity index (χ3n) is 2.03. The Morgan fingerprint density at radius 2 is 1.76 bits per heavy atom. The fourth-order valence-corrected chi connectivity index (χ4v) is 1.74. The summed E-state index contributed by atoms with van der Waals surface area (Å²) in [5.74, 6) is -0.247. The molecule has 2 rings (SSSR count). The monoisotopic (exact) mass is 305 g/mol. The molecule has 0 unspecified atom stereocenters. The standard InChI is InChI=1S/C11H7BrF3NO/c12-8-3-4-9(16-5-1-2-6-16)10(7-8)17-11(13,14)15/h1-7H. The summed E-state index contributed by atoms with van der Waals surface area (Å²) < 4.78 is 42.8. The molecule has 0 spiro atoms. The third kappa shape index (κ3) is 3.03. The van der Waals surface area contributed by atoms with E-state index in [4.69, 9.17) is 0 Å².